The van der Waals surface area contributed by atoms with E-state index in [9.17, 15) is 22.8 Å². The van der Waals surface area contributed by atoms with Crippen LogP contribution in [0.25, 0.3) is 0 Å². The summed E-state index contributed by atoms with van der Waals surface area (Å²) in [6.45, 7) is 1.19. The van der Waals surface area contributed by atoms with Gasteiger partial charge in [-0.25, -0.2) is 4.79 Å². The van der Waals surface area contributed by atoms with Crippen LogP contribution in [-0.4, -0.2) is 47.8 Å². The molecule has 0 bridgehead atoms. The topological polar surface area (TPSA) is 69.6 Å². The van der Waals surface area contributed by atoms with Gasteiger partial charge in [-0.15, -0.1) is 0 Å². The maximum Gasteiger partial charge on any atom is 0.408 e. The highest BCUT2D eigenvalue weighted by Crippen LogP contribution is 2.23. The van der Waals surface area contributed by atoms with Gasteiger partial charge in [0.1, 0.15) is 6.04 Å². The van der Waals surface area contributed by atoms with Crippen LogP contribution in [-0.2, 0) is 11.2 Å². The van der Waals surface area contributed by atoms with Gasteiger partial charge in [0.15, 0.2) is 0 Å². The largest absolute Gasteiger partial charge is 0.481 e. The molecule has 0 saturated heterocycles. The van der Waals surface area contributed by atoms with E-state index < -0.39 is 36.6 Å². The van der Waals surface area contributed by atoms with Gasteiger partial charge in [0.05, 0.1) is 5.92 Å². The Balaban J connectivity index is 2.74. The number of urea groups is 1. The number of carbonyl (C=O) groups is 2. The Labute approximate surface area is 132 Å². The van der Waals surface area contributed by atoms with Crippen LogP contribution in [0.4, 0.5) is 18.0 Å². The first kappa shape index (κ1) is 18.8. The van der Waals surface area contributed by atoms with Crippen molar-refractivity contribution in [2.24, 2.45) is 5.92 Å². The van der Waals surface area contributed by atoms with Crippen LogP contribution < -0.4 is 5.32 Å². The van der Waals surface area contributed by atoms with Crippen molar-refractivity contribution in [2.75, 3.05) is 13.6 Å². The minimum Gasteiger partial charge on any atom is -0.481 e. The molecule has 0 saturated carbocycles. The molecule has 1 aromatic carbocycles. The molecule has 5 nitrogen and oxygen atoms in total. The van der Waals surface area contributed by atoms with Crippen molar-refractivity contribution in [1.29, 1.82) is 0 Å². The van der Waals surface area contributed by atoms with Gasteiger partial charge in [-0.1, -0.05) is 37.3 Å². The van der Waals surface area contributed by atoms with Crippen LogP contribution in [0.3, 0.4) is 0 Å². The van der Waals surface area contributed by atoms with E-state index in [1.165, 1.54) is 14.0 Å². The lowest BCUT2D eigenvalue weighted by Crippen LogP contribution is -2.51. The number of carbonyl (C=O) groups excluding carboxylic acids is 1. The fourth-order valence-corrected chi connectivity index (χ4v) is 1.93. The summed E-state index contributed by atoms with van der Waals surface area (Å²) in [5.41, 5.74) is 0.441. The van der Waals surface area contributed by atoms with Gasteiger partial charge in [-0.2, -0.15) is 13.2 Å². The van der Waals surface area contributed by atoms with Crippen molar-refractivity contribution in [3.05, 3.63) is 35.9 Å². The summed E-state index contributed by atoms with van der Waals surface area (Å²) in [5.74, 6) is -1.99. The number of nitrogens with zero attached hydrogens (tertiary/aromatic N) is 1. The molecule has 23 heavy (non-hydrogen) atoms. The fourth-order valence-electron chi connectivity index (χ4n) is 1.93. The summed E-state index contributed by atoms with van der Waals surface area (Å²) in [5, 5.41) is 10.7. The van der Waals surface area contributed by atoms with E-state index in [0.717, 1.165) is 4.90 Å². The maximum absolute atomic E-state index is 13.1. The zero-order chi connectivity index (χ0) is 17.6. The van der Waals surface area contributed by atoms with Gasteiger partial charge in [0, 0.05) is 20.0 Å². The number of rotatable bonds is 6. The minimum atomic E-state index is -4.61. The van der Waals surface area contributed by atoms with Crippen molar-refractivity contribution in [3.8, 4) is 0 Å². The number of benzene rings is 1. The van der Waals surface area contributed by atoms with Gasteiger partial charge in [0.2, 0.25) is 0 Å². The van der Waals surface area contributed by atoms with E-state index in [4.69, 9.17) is 5.11 Å². The van der Waals surface area contributed by atoms with Crippen molar-refractivity contribution >= 4 is 12.0 Å². The lowest BCUT2D eigenvalue weighted by Gasteiger charge is -2.26. The molecule has 0 aromatic heterocycles. The molecule has 1 rings (SSSR count). The third kappa shape index (κ3) is 6.17. The molecule has 1 aromatic rings. The van der Waals surface area contributed by atoms with Crippen LogP contribution in [0.15, 0.2) is 30.3 Å². The van der Waals surface area contributed by atoms with E-state index in [1.54, 1.807) is 30.3 Å². The van der Waals surface area contributed by atoms with Crippen LogP contribution in [0.1, 0.15) is 12.5 Å². The molecule has 0 aliphatic rings. The van der Waals surface area contributed by atoms with Gasteiger partial charge < -0.3 is 15.3 Å². The average molecular weight is 332 g/mol. The second kappa shape index (κ2) is 7.85. The third-order valence-electron chi connectivity index (χ3n) is 3.29. The summed E-state index contributed by atoms with van der Waals surface area (Å²) >= 11 is 0. The Bertz CT molecular complexity index is 535. The first-order chi connectivity index (χ1) is 10.6. The number of aliphatic carboxylic acids is 1. The van der Waals surface area contributed by atoms with E-state index in [-0.39, 0.29) is 6.54 Å². The predicted molar refractivity (Wildman–Crippen MR) is 78.0 cm³/mol. The van der Waals surface area contributed by atoms with Crippen molar-refractivity contribution in [1.82, 2.24) is 10.2 Å². The molecule has 0 heterocycles. The molecule has 2 atom stereocenters. The van der Waals surface area contributed by atoms with Crippen LogP contribution in [0.5, 0.6) is 0 Å². The number of carboxylic acid groups (broad SMARTS) is 1. The highest BCUT2D eigenvalue weighted by Gasteiger charge is 2.41. The van der Waals surface area contributed by atoms with Gasteiger partial charge in [0.25, 0.3) is 0 Å². The molecule has 0 radical (unpaired) electrons. The second-order valence-electron chi connectivity index (χ2n) is 5.35. The molecule has 0 fully saturated rings. The smallest absolute Gasteiger partial charge is 0.408 e. The van der Waals surface area contributed by atoms with Gasteiger partial charge >= 0.3 is 18.2 Å². The summed E-state index contributed by atoms with van der Waals surface area (Å²) in [6, 6.07) is 5.00. The number of nitrogens with one attached hydrogen (secondary N) is 1. The summed E-state index contributed by atoms with van der Waals surface area (Å²) in [7, 11) is 1.25. The van der Waals surface area contributed by atoms with E-state index in [2.05, 4.69) is 0 Å². The van der Waals surface area contributed by atoms with Crippen LogP contribution in [0.2, 0.25) is 0 Å². The van der Waals surface area contributed by atoms with Crippen molar-refractivity contribution in [3.63, 3.8) is 0 Å². The summed E-state index contributed by atoms with van der Waals surface area (Å²) < 4.78 is 39.3. The maximum atomic E-state index is 13.1. The quantitative estimate of drug-likeness (QED) is 0.841. The number of alkyl halides is 3. The first-order valence-corrected chi connectivity index (χ1v) is 6.96. The lowest BCUT2D eigenvalue weighted by molar-refractivity contribution is -0.153. The molecule has 2 amide bonds. The van der Waals surface area contributed by atoms with Gasteiger partial charge in [-0.3, -0.25) is 4.79 Å². The SMILES string of the molecule is CC(CN(C)C(=O)NC(Cc1ccccc1)C(F)(F)F)C(=O)O. The molecule has 128 valence electrons. The monoisotopic (exact) mass is 332 g/mol. The zero-order valence-corrected chi connectivity index (χ0v) is 12.8. The van der Waals surface area contributed by atoms with E-state index >= 15 is 0 Å². The second-order valence-corrected chi connectivity index (χ2v) is 5.35. The summed E-state index contributed by atoms with van der Waals surface area (Å²) in [4.78, 5) is 23.5. The Kier molecular flexibility index (Phi) is 6.41. The Morgan fingerprint density at radius 1 is 1.26 bits per heavy atom. The number of amides is 2. The molecular formula is C15H19F3N2O3. The molecular weight excluding hydrogens is 313 g/mol. The average Bonchev–Trinajstić information content (AvgIpc) is 2.46. The molecule has 0 aliphatic heterocycles. The normalized spacial score (nSPS) is 14.0. The van der Waals surface area contributed by atoms with E-state index in [1.807, 2.05) is 5.32 Å². The van der Waals surface area contributed by atoms with Crippen LogP contribution in [0, 0.1) is 5.92 Å². The Hall–Kier alpha value is -2.25. The van der Waals surface area contributed by atoms with Gasteiger partial charge in [-0.05, 0) is 5.56 Å². The van der Waals surface area contributed by atoms with Crippen molar-refractivity contribution < 1.29 is 27.9 Å². The highest BCUT2D eigenvalue weighted by molar-refractivity contribution is 5.76. The minimum absolute atomic E-state index is 0.183. The molecule has 2 unspecified atom stereocenters. The standard InChI is InChI=1S/C15H19F3N2O3/c1-10(13(21)22)9-20(2)14(23)19-12(15(16,17)18)8-11-6-4-3-5-7-11/h3-7,10,12H,8-9H2,1-2H3,(H,19,23)(H,21,22). The zero-order valence-electron chi connectivity index (χ0n) is 12.8. The molecule has 2 N–H and O–H groups in total. The molecule has 8 heteroatoms. The first-order valence-electron chi connectivity index (χ1n) is 6.96. The molecule has 0 spiro atoms. The Morgan fingerprint density at radius 3 is 2.30 bits per heavy atom. The number of carboxylic acids is 1. The molecule has 0 aliphatic carbocycles. The highest BCUT2D eigenvalue weighted by atomic mass is 19.4. The fraction of sp³-hybridized carbons (Fsp3) is 0.467. The third-order valence-corrected chi connectivity index (χ3v) is 3.29. The van der Waals surface area contributed by atoms with Crippen molar-refractivity contribution in [2.45, 2.75) is 25.6 Å². The number of halogens is 3. The predicted octanol–water partition coefficient (Wildman–Crippen LogP) is 2.52. The number of hydrogen-bond donors (Lipinski definition) is 2. The Morgan fingerprint density at radius 2 is 1.83 bits per heavy atom. The van der Waals surface area contributed by atoms with E-state index in [0.29, 0.717) is 5.56 Å². The number of hydrogen-bond acceptors (Lipinski definition) is 2. The van der Waals surface area contributed by atoms with Crippen LogP contribution >= 0.6 is 0 Å². The summed E-state index contributed by atoms with van der Waals surface area (Å²) in [6.07, 6.45) is -5.00. The lowest BCUT2D eigenvalue weighted by atomic mass is 10.1.